The molecule has 0 heterocycles. The predicted octanol–water partition coefficient (Wildman–Crippen LogP) is 3.89. The fourth-order valence-corrected chi connectivity index (χ4v) is 2.43. The van der Waals surface area contributed by atoms with Gasteiger partial charge in [-0.1, -0.05) is 30.3 Å². The minimum atomic E-state index is -1.08. The minimum absolute atomic E-state index is 0.0593. The van der Waals surface area contributed by atoms with Crippen molar-refractivity contribution < 1.29 is 24.2 Å². The first-order valence-corrected chi connectivity index (χ1v) is 8.43. The van der Waals surface area contributed by atoms with Crippen LogP contribution in [-0.2, 0) is 9.53 Å². The average Bonchev–Trinajstić information content (AvgIpc) is 2.61. The highest BCUT2D eigenvalue weighted by atomic mass is 16.5. The van der Waals surface area contributed by atoms with Crippen LogP contribution in [0.15, 0.2) is 48.5 Å². The smallest absolute Gasteiger partial charge is 0.335 e. The highest BCUT2D eigenvalue weighted by Crippen LogP contribution is 2.29. The molecule has 0 saturated heterocycles. The van der Waals surface area contributed by atoms with Crippen LogP contribution in [0.1, 0.15) is 42.8 Å². The summed E-state index contributed by atoms with van der Waals surface area (Å²) >= 11 is 0. The van der Waals surface area contributed by atoms with Gasteiger partial charge in [-0.05, 0) is 44.5 Å². The van der Waals surface area contributed by atoms with Crippen LogP contribution < -0.4 is 10.1 Å². The lowest BCUT2D eigenvalue weighted by Gasteiger charge is -2.20. The highest BCUT2D eigenvalue weighted by Gasteiger charge is 2.23. The van der Waals surface area contributed by atoms with E-state index in [4.69, 9.17) is 9.47 Å². The number of carboxylic acid groups (broad SMARTS) is 1. The van der Waals surface area contributed by atoms with Gasteiger partial charge in [0.1, 0.15) is 5.75 Å². The normalized spacial score (nSPS) is 11.8. The SMILES string of the molecule is CCOC(C(=O)Nc1cc(C(=O)O)ccc1OC(C)C)c1ccccc1. The standard InChI is InChI=1S/C20H23NO5/c1-4-25-18(14-8-6-5-7-9-14)19(22)21-16-12-15(20(23)24)10-11-17(16)26-13(2)3/h5-13,18H,4H2,1-3H3,(H,21,22)(H,23,24). The Morgan fingerprint density at radius 1 is 1.12 bits per heavy atom. The predicted molar refractivity (Wildman–Crippen MR) is 98.6 cm³/mol. The van der Waals surface area contributed by atoms with Gasteiger partial charge >= 0.3 is 5.97 Å². The second kappa shape index (κ2) is 9.01. The number of anilines is 1. The Balaban J connectivity index is 2.32. The molecule has 0 spiro atoms. The number of carboxylic acids is 1. The monoisotopic (exact) mass is 357 g/mol. The summed E-state index contributed by atoms with van der Waals surface area (Å²) in [6.45, 7) is 5.87. The quantitative estimate of drug-likeness (QED) is 0.749. The first-order chi connectivity index (χ1) is 12.4. The molecule has 0 fully saturated rings. The number of aromatic carboxylic acids is 1. The number of hydrogen-bond donors (Lipinski definition) is 2. The third-order valence-corrected chi connectivity index (χ3v) is 3.52. The van der Waals surface area contributed by atoms with E-state index in [9.17, 15) is 14.7 Å². The van der Waals surface area contributed by atoms with Gasteiger partial charge in [0.05, 0.1) is 17.4 Å². The van der Waals surface area contributed by atoms with Crippen molar-refractivity contribution >= 4 is 17.6 Å². The van der Waals surface area contributed by atoms with E-state index in [0.29, 0.717) is 23.6 Å². The zero-order valence-corrected chi connectivity index (χ0v) is 15.1. The summed E-state index contributed by atoms with van der Waals surface area (Å²) in [5.41, 5.74) is 1.07. The fraction of sp³-hybridized carbons (Fsp3) is 0.300. The van der Waals surface area contributed by atoms with Gasteiger partial charge in [-0.15, -0.1) is 0 Å². The van der Waals surface area contributed by atoms with Crippen molar-refractivity contribution in [2.45, 2.75) is 33.0 Å². The lowest BCUT2D eigenvalue weighted by molar-refractivity contribution is -0.127. The molecule has 1 unspecified atom stereocenters. The molecule has 6 heteroatoms. The van der Waals surface area contributed by atoms with Gasteiger partial charge in [-0.2, -0.15) is 0 Å². The number of ether oxygens (including phenoxy) is 2. The molecule has 2 aromatic carbocycles. The molecule has 1 atom stereocenters. The number of hydrogen-bond acceptors (Lipinski definition) is 4. The lowest BCUT2D eigenvalue weighted by Crippen LogP contribution is -2.24. The molecule has 6 nitrogen and oxygen atoms in total. The maximum Gasteiger partial charge on any atom is 0.335 e. The Morgan fingerprint density at radius 2 is 1.81 bits per heavy atom. The molecule has 0 aliphatic carbocycles. The van der Waals surface area contributed by atoms with Gasteiger partial charge in [-0.3, -0.25) is 4.79 Å². The Hall–Kier alpha value is -2.86. The van der Waals surface area contributed by atoms with Crippen LogP contribution >= 0.6 is 0 Å². The zero-order chi connectivity index (χ0) is 19.1. The maximum absolute atomic E-state index is 12.8. The summed E-state index contributed by atoms with van der Waals surface area (Å²) in [7, 11) is 0. The molecular formula is C20H23NO5. The van der Waals surface area contributed by atoms with E-state index in [0.717, 1.165) is 0 Å². The molecule has 2 aromatic rings. The van der Waals surface area contributed by atoms with Gasteiger partial charge in [0.15, 0.2) is 6.10 Å². The first kappa shape index (κ1) is 19.5. The van der Waals surface area contributed by atoms with E-state index in [2.05, 4.69) is 5.32 Å². The molecule has 26 heavy (non-hydrogen) atoms. The molecular weight excluding hydrogens is 334 g/mol. The third kappa shape index (κ3) is 5.07. The summed E-state index contributed by atoms with van der Waals surface area (Å²) < 4.78 is 11.3. The molecule has 0 saturated carbocycles. The molecule has 0 aromatic heterocycles. The van der Waals surface area contributed by atoms with Crippen LogP contribution in [0.5, 0.6) is 5.75 Å². The first-order valence-electron chi connectivity index (χ1n) is 8.43. The minimum Gasteiger partial charge on any atom is -0.489 e. The van der Waals surface area contributed by atoms with Crippen molar-refractivity contribution in [3.05, 3.63) is 59.7 Å². The van der Waals surface area contributed by atoms with E-state index >= 15 is 0 Å². The second-order valence-corrected chi connectivity index (χ2v) is 5.92. The number of benzene rings is 2. The van der Waals surface area contributed by atoms with Crippen molar-refractivity contribution in [3.63, 3.8) is 0 Å². The molecule has 2 N–H and O–H groups in total. The zero-order valence-electron chi connectivity index (χ0n) is 15.1. The van der Waals surface area contributed by atoms with Gasteiger partial charge < -0.3 is 19.9 Å². The topological polar surface area (TPSA) is 84.9 Å². The molecule has 138 valence electrons. The molecule has 1 amide bonds. The molecule has 0 aliphatic rings. The summed E-state index contributed by atoms with van der Waals surface area (Å²) in [6, 6.07) is 13.5. The summed E-state index contributed by atoms with van der Waals surface area (Å²) in [5, 5.41) is 12.0. The van der Waals surface area contributed by atoms with E-state index in [1.807, 2.05) is 39.0 Å². The Bertz CT molecular complexity index is 758. The lowest BCUT2D eigenvalue weighted by atomic mass is 10.1. The largest absolute Gasteiger partial charge is 0.489 e. The third-order valence-electron chi connectivity index (χ3n) is 3.52. The Labute approximate surface area is 152 Å². The van der Waals surface area contributed by atoms with Crippen molar-refractivity contribution in [2.24, 2.45) is 0 Å². The second-order valence-electron chi connectivity index (χ2n) is 5.92. The Morgan fingerprint density at radius 3 is 2.38 bits per heavy atom. The van der Waals surface area contributed by atoms with Gasteiger partial charge in [0.2, 0.25) is 0 Å². The molecule has 0 radical (unpaired) electrons. The summed E-state index contributed by atoms with van der Waals surface area (Å²) in [5.74, 6) is -1.07. The summed E-state index contributed by atoms with van der Waals surface area (Å²) in [6.07, 6.45) is -0.931. The molecule has 0 bridgehead atoms. The van der Waals surface area contributed by atoms with Crippen LogP contribution in [0, 0.1) is 0 Å². The molecule has 2 rings (SSSR count). The van der Waals surface area contributed by atoms with Crippen molar-refractivity contribution in [1.29, 1.82) is 0 Å². The van der Waals surface area contributed by atoms with E-state index in [-0.39, 0.29) is 11.7 Å². The van der Waals surface area contributed by atoms with Crippen LogP contribution in [0.2, 0.25) is 0 Å². The van der Waals surface area contributed by atoms with Gasteiger partial charge in [0.25, 0.3) is 5.91 Å². The van der Waals surface area contributed by atoms with Crippen molar-refractivity contribution in [2.75, 3.05) is 11.9 Å². The number of nitrogens with one attached hydrogen (secondary N) is 1. The van der Waals surface area contributed by atoms with Gasteiger partial charge in [0, 0.05) is 6.61 Å². The number of rotatable bonds is 8. The van der Waals surface area contributed by atoms with Gasteiger partial charge in [-0.25, -0.2) is 4.79 Å². The van der Waals surface area contributed by atoms with Crippen LogP contribution in [0.25, 0.3) is 0 Å². The van der Waals surface area contributed by atoms with Crippen molar-refractivity contribution in [1.82, 2.24) is 0 Å². The van der Waals surface area contributed by atoms with Crippen LogP contribution in [0.4, 0.5) is 5.69 Å². The van der Waals surface area contributed by atoms with E-state index < -0.39 is 18.0 Å². The molecule has 0 aliphatic heterocycles. The summed E-state index contributed by atoms with van der Waals surface area (Å²) in [4.78, 5) is 24.0. The van der Waals surface area contributed by atoms with E-state index in [1.54, 1.807) is 12.1 Å². The number of amides is 1. The average molecular weight is 357 g/mol. The maximum atomic E-state index is 12.8. The number of carbonyl (C=O) groups excluding carboxylic acids is 1. The van der Waals surface area contributed by atoms with Crippen LogP contribution in [0.3, 0.4) is 0 Å². The number of carbonyl (C=O) groups is 2. The Kier molecular flexibility index (Phi) is 6.74. The van der Waals surface area contributed by atoms with Crippen LogP contribution in [-0.4, -0.2) is 29.7 Å². The fourth-order valence-electron chi connectivity index (χ4n) is 2.43. The van der Waals surface area contributed by atoms with Crippen molar-refractivity contribution in [3.8, 4) is 5.75 Å². The highest BCUT2D eigenvalue weighted by molar-refractivity contribution is 5.98. The van der Waals surface area contributed by atoms with E-state index in [1.165, 1.54) is 18.2 Å².